The Labute approximate surface area is 150 Å². The zero-order valence-corrected chi connectivity index (χ0v) is 14.6. The second-order valence-corrected chi connectivity index (χ2v) is 7.44. The first-order valence-corrected chi connectivity index (χ1v) is 8.40. The van der Waals surface area contributed by atoms with Crippen molar-refractivity contribution in [3.63, 3.8) is 0 Å². The Hall–Kier alpha value is -1.46. The highest BCUT2D eigenvalue weighted by molar-refractivity contribution is 5.49. The number of fused-ring (bicyclic) bond motifs is 1. The molecule has 2 aliphatic heterocycles. The van der Waals surface area contributed by atoms with Gasteiger partial charge < -0.3 is 40.5 Å². The van der Waals surface area contributed by atoms with Crippen molar-refractivity contribution in [3.05, 3.63) is 23.3 Å². The van der Waals surface area contributed by atoms with E-state index in [1.165, 1.54) is 12.1 Å². The Morgan fingerprint density at radius 1 is 1.12 bits per heavy atom. The molecule has 1 aromatic carbocycles. The van der Waals surface area contributed by atoms with Gasteiger partial charge in [-0.1, -0.05) is 0 Å². The molecule has 0 aliphatic carbocycles. The lowest BCUT2D eigenvalue weighted by molar-refractivity contribution is -0.382. The first-order valence-electron chi connectivity index (χ1n) is 8.40. The minimum Gasteiger partial charge on any atom is -0.504 e. The molecule has 26 heavy (non-hydrogen) atoms. The zero-order chi connectivity index (χ0) is 19.4. The Balaban J connectivity index is 2.00. The van der Waals surface area contributed by atoms with Crippen LogP contribution in [-0.2, 0) is 16.7 Å². The van der Waals surface area contributed by atoms with Gasteiger partial charge >= 0.3 is 0 Å². The van der Waals surface area contributed by atoms with Crippen LogP contribution in [0.5, 0.6) is 11.5 Å². The maximum Gasteiger partial charge on any atom is 0.220 e. The van der Waals surface area contributed by atoms with Gasteiger partial charge in [-0.15, -0.1) is 0 Å². The summed E-state index contributed by atoms with van der Waals surface area (Å²) in [4.78, 5) is 1.67. The number of phenols is 2. The third-order valence-corrected chi connectivity index (χ3v) is 5.49. The first kappa shape index (κ1) is 19.3. The number of aromatic hydroxyl groups is 2. The Kier molecular flexibility index (Phi) is 4.68. The van der Waals surface area contributed by atoms with Crippen LogP contribution in [0, 0.1) is 0 Å². The van der Waals surface area contributed by atoms with Crippen LogP contribution >= 0.6 is 0 Å². The summed E-state index contributed by atoms with van der Waals surface area (Å²) in [5.41, 5.74) is 0.677. The standard InChI is InChI=1S/C17H25NO8/c1-16(2)9-6-11(21)10(20)5-8(9)3-4-18(16)15-13(23)12(22)14(24)17(25,7-19)26-15/h5-6,12-15,19-25H,3-4,7H2,1-2H3/t12-,13+,14+,15?,17-/m1/s1. The van der Waals surface area contributed by atoms with Crippen molar-refractivity contribution in [1.29, 1.82) is 0 Å². The highest BCUT2D eigenvalue weighted by Crippen LogP contribution is 2.43. The van der Waals surface area contributed by atoms with Crippen molar-refractivity contribution in [2.75, 3.05) is 13.2 Å². The molecule has 7 N–H and O–H groups in total. The third-order valence-electron chi connectivity index (χ3n) is 5.49. The van der Waals surface area contributed by atoms with E-state index in [1.54, 1.807) is 18.7 Å². The first-order chi connectivity index (χ1) is 12.0. The molecule has 0 radical (unpaired) electrons. The van der Waals surface area contributed by atoms with Crippen molar-refractivity contribution >= 4 is 0 Å². The van der Waals surface area contributed by atoms with E-state index in [2.05, 4.69) is 0 Å². The smallest absolute Gasteiger partial charge is 0.220 e. The molecule has 3 rings (SSSR count). The van der Waals surface area contributed by atoms with Crippen molar-refractivity contribution in [2.45, 2.75) is 56.1 Å². The van der Waals surface area contributed by atoms with Gasteiger partial charge in [-0.3, -0.25) is 4.90 Å². The number of nitrogens with zero attached hydrogens (tertiary/aromatic N) is 1. The van der Waals surface area contributed by atoms with Crippen molar-refractivity contribution in [2.24, 2.45) is 0 Å². The number of benzene rings is 1. The molecule has 0 spiro atoms. The SMILES string of the molecule is CC1(C)c2cc(O)c(O)cc2CCN1C1O[C@](O)(CO)[C@@H](O)[C@H](O)[C@@H]1O. The van der Waals surface area contributed by atoms with E-state index in [1.807, 2.05) is 0 Å². The van der Waals surface area contributed by atoms with Gasteiger partial charge in [-0.2, -0.15) is 0 Å². The van der Waals surface area contributed by atoms with E-state index in [4.69, 9.17) is 4.74 Å². The van der Waals surface area contributed by atoms with Crippen molar-refractivity contribution in [3.8, 4) is 11.5 Å². The lowest BCUT2D eigenvalue weighted by atomic mass is 9.81. The normalized spacial score (nSPS) is 37.3. The molecule has 1 unspecified atom stereocenters. The fraction of sp³-hybridized carbons (Fsp3) is 0.647. The van der Waals surface area contributed by atoms with Crippen LogP contribution < -0.4 is 0 Å². The van der Waals surface area contributed by atoms with Crippen LogP contribution in [0.2, 0.25) is 0 Å². The van der Waals surface area contributed by atoms with Crippen LogP contribution in [0.1, 0.15) is 25.0 Å². The summed E-state index contributed by atoms with van der Waals surface area (Å²) < 4.78 is 5.42. The summed E-state index contributed by atoms with van der Waals surface area (Å²) in [5.74, 6) is -2.93. The van der Waals surface area contributed by atoms with Crippen LogP contribution in [0.3, 0.4) is 0 Å². The van der Waals surface area contributed by atoms with Crippen LogP contribution in [0.25, 0.3) is 0 Å². The van der Waals surface area contributed by atoms with Gasteiger partial charge in [0.05, 0.1) is 6.61 Å². The van der Waals surface area contributed by atoms with E-state index in [9.17, 15) is 35.7 Å². The molecule has 5 atom stereocenters. The number of aliphatic hydroxyl groups is 5. The summed E-state index contributed by atoms with van der Waals surface area (Å²) in [5, 5.41) is 69.7. The number of rotatable bonds is 2. The topological polar surface area (TPSA) is 154 Å². The number of hydrogen-bond donors (Lipinski definition) is 7. The lowest BCUT2D eigenvalue weighted by Gasteiger charge is -2.54. The maximum absolute atomic E-state index is 10.4. The highest BCUT2D eigenvalue weighted by atomic mass is 16.7. The quantitative estimate of drug-likeness (QED) is 0.302. The predicted molar refractivity (Wildman–Crippen MR) is 88.1 cm³/mol. The molecule has 0 aromatic heterocycles. The van der Waals surface area contributed by atoms with E-state index in [0.717, 1.165) is 5.56 Å². The van der Waals surface area contributed by atoms with Gasteiger partial charge in [0, 0.05) is 12.1 Å². The molecule has 9 nitrogen and oxygen atoms in total. The Bertz CT molecular complexity index is 696. The summed E-state index contributed by atoms with van der Waals surface area (Å²) >= 11 is 0. The Morgan fingerprint density at radius 3 is 2.35 bits per heavy atom. The number of aliphatic hydroxyl groups excluding tert-OH is 4. The van der Waals surface area contributed by atoms with E-state index in [-0.39, 0.29) is 11.5 Å². The van der Waals surface area contributed by atoms with E-state index < -0.39 is 42.5 Å². The van der Waals surface area contributed by atoms with Gasteiger partial charge in [0.15, 0.2) is 11.5 Å². The van der Waals surface area contributed by atoms with Gasteiger partial charge in [-0.25, -0.2) is 0 Å². The van der Waals surface area contributed by atoms with Crippen LogP contribution in [0.15, 0.2) is 12.1 Å². The third kappa shape index (κ3) is 2.76. The summed E-state index contributed by atoms with van der Waals surface area (Å²) in [6, 6.07) is 2.90. The zero-order valence-electron chi connectivity index (χ0n) is 14.6. The molecule has 1 fully saturated rings. The highest BCUT2D eigenvalue weighted by Gasteiger charge is 2.56. The van der Waals surface area contributed by atoms with Gasteiger partial charge in [0.1, 0.15) is 24.5 Å². The molecule has 0 amide bonds. The van der Waals surface area contributed by atoms with Crippen LogP contribution in [0.4, 0.5) is 0 Å². The maximum atomic E-state index is 10.4. The number of ether oxygens (including phenoxy) is 1. The predicted octanol–water partition coefficient (Wildman–Crippen LogP) is -1.69. The molecular weight excluding hydrogens is 346 g/mol. The fourth-order valence-electron chi connectivity index (χ4n) is 3.87. The molecule has 1 aromatic rings. The van der Waals surface area contributed by atoms with Gasteiger partial charge in [0.25, 0.3) is 0 Å². The van der Waals surface area contributed by atoms with Gasteiger partial charge in [-0.05, 0) is 43.5 Å². The Morgan fingerprint density at radius 2 is 1.73 bits per heavy atom. The molecule has 0 bridgehead atoms. The molecular formula is C17H25NO8. The second kappa shape index (κ2) is 6.31. The monoisotopic (exact) mass is 371 g/mol. The van der Waals surface area contributed by atoms with Crippen molar-refractivity contribution in [1.82, 2.24) is 4.90 Å². The summed E-state index contributed by atoms with van der Waals surface area (Å²) in [7, 11) is 0. The molecule has 1 saturated heterocycles. The second-order valence-electron chi connectivity index (χ2n) is 7.44. The van der Waals surface area contributed by atoms with Crippen molar-refractivity contribution < 1.29 is 40.5 Å². The summed E-state index contributed by atoms with van der Waals surface area (Å²) in [6.45, 7) is 2.98. The molecule has 9 heteroatoms. The van der Waals surface area contributed by atoms with E-state index in [0.29, 0.717) is 18.5 Å². The molecule has 2 aliphatic rings. The minimum atomic E-state index is -2.42. The summed E-state index contributed by atoms with van der Waals surface area (Å²) in [6.07, 6.45) is -5.90. The number of phenolic OH excluding ortho intramolecular Hbond substituents is 2. The molecule has 146 valence electrons. The number of hydrogen-bond acceptors (Lipinski definition) is 9. The average molecular weight is 371 g/mol. The lowest BCUT2D eigenvalue weighted by Crippen LogP contribution is -2.71. The fourth-order valence-corrected chi connectivity index (χ4v) is 3.87. The van der Waals surface area contributed by atoms with E-state index >= 15 is 0 Å². The van der Waals surface area contributed by atoms with Gasteiger partial charge in [0.2, 0.25) is 5.79 Å². The molecule has 0 saturated carbocycles. The van der Waals surface area contributed by atoms with Crippen LogP contribution in [-0.4, -0.2) is 84.1 Å². The average Bonchev–Trinajstić information content (AvgIpc) is 2.59. The minimum absolute atomic E-state index is 0.227. The largest absolute Gasteiger partial charge is 0.504 e. The molecule has 2 heterocycles.